The molecule has 0 saturated carbocycles. The molecule has 0 radical (unpaired) electrons. The number of hydrogen-bond donors (Lipinski definition) is 2. The maximum atomic E-state index is 15.3. The minimum absolute atomic E-state index is 0.00819. The van der Waals surface area contributed by atoms with Crippen molar-refractivity contribution in [3.8, 4) is 22.8 Å². The van der Waals surface area contributed by atoms with Crippen LogP contribution in [-0.2, 0) is 11.3 Å². The number of aromatic nitrogens is 2. The van der Waals surface area contributed by atoms with Crippen LogP contribution in [0.3, 0.4) is 0 Å². The Morgan fingerprint density at radius 2 is 1.88 bits per heavy atom. The molecule has 40 heavy (non-hydrogen) atoms. The molecule has 2 amide bonds. The number of nitrogens with one attached hydrogen (secondary N) is 2. The van der Waals surface area contributed by atoms with Gasteiger partial charge in [-0.3, -0.25) is 9.59 Å². The van der Waals surface area contributed by atoms with Gasteiger partial charge in [0.25, 0.3) is 5.91 Å². The van der Waals surface area contributed by atoms with Gasteiger partial charge < -0.3 is 20.3 Å². The summed E-state index contributed by atoms with van der Waals surface area (Å²) in [6.07, 6.45) is 2.06. The Labute approximate surface area is 234 Å². The summed E-state index contributed by atoms with van der Waals surface area (Å²) >= 11 is 0. The first kappa shape index (κ1) is 27.7. The zero-order valence-electron chi connectivity index (χ0n) is 23.2. The number of nitrogens with zero attached hydrogens (tertiary/aromatic N) is 3. The molecule has 0 spiro atoms. The van der Waals surface area contributed by atoms with Gasteiger partial charge in [0.2, 0.25) is 5.91 Å². The monoisotopic (exact) mass is 545 g/mol. The van der Waals surface area contributed by atoms with Crippen molar-refractivity contribution in [2.75, 3.05) is 19.6 Å². The second-order valence-electron chi connectivity index (χ2n) is 11.1. The third-order valence-electron chi connectivity index (χ3n) is 7.49. The lowest BCUT2D eigenvalue weighted by Gasteiger charge is -2.24. The largest absolute Gasteiger partial charge is 0.457 e. The number of carbonyl (C=O) groups excluding carboxylic acids is 2. The van der Waals surface area contributed by atoms with Gasteiger partial charge in [-0.25, -0.2) is 4.39 Å². The molecule has 1 unspecified atom stereocenters. The topological polar surface area (TPSA) is 96.5 Å². The van der Waals surface area contributed by atoms with Gasteiger partial charge in [0.05, 0.1) is 17.0 Å². The summed E-state index contributed by atoms with van der Waals surface area (Å²) in [4.78, 5) is 27.2. The zero-order valence-corrected chi connectivity index (χ0v) is 23.2. The van der Waals surface area contributed by atoms with Crippen LogP contribution in [0.15, 0.2) is 48.5 Å². The van der Waals surface area contributed by atoms with E-state index < -0.39 is 11.7 Å². The van der Waals surface area contributed by atoms with Crippen LogP contribution in [0.1, 0.15) is 67.6 Å². The summed E-state index contributed by atoms with van der Waals surface area (Å²) in [5.41, 5.74) is 3.00. The van der Waals surface area contributed by atoms with Crippen molar-refractivity contribution < 1.29 is 18.7 Å². The molecule has 3 heterocycles. The first-order chi connectivity index (χ1) is 19.3. The van der Waals surface area contributed by atoms with Gasteiger partial charge in [-0.15, -0.1) is 0 Å². The number of likely N-dealkylation sites (tertiary alicyclic amines) is 1. The molecule has 2 aliphatic rings. The number of hydrogen-bond acceptors (Lipinski definition) is 6. The standard InChI is InChI=1S/C31H36FN5O3/c1-19(2)27-8-9-28(36-35-27)21-4-6-24(7-5-21)40-29-16-25(31(39)34-23-10-12-33-13-11-23)26(32)15-22(29)18-37-17-20(3)14-30(37)38/h4-9,15-16,19-20,23,33H,10-14,17-18H2,1-3H3,(H,34,39). The average Bonchev–Trinajstić information content (AvgIpc) is 3.27. The molecule has 8 nitrogen and oxygen atoms in total. The summed E-state index contributed by atoms with van der Waals surface area (Å²) in [6, 6.07) is 14.1. The van der Waals surface area contributed by atoms with Crippen molar-refractivity contribution >= 4 is 11.8 Å². The maximum Gasteiger partial charge on any atom is 0.254 e. The SMILES string of the molecule is CC1CC(=O)N(Cc2cc(F)c(C(=O)NC3CCNCC3)cc2Oc2ccc(-c3ccc(C(C)C)nn3)cc2)C1. The summed E-state index contributed by atoms with van der Waals surface area (Å²) in [7, 11) is 0. The van der Waals surface area contributed by atoms with Crippen LogP contribution in [0.2, 0.25) is 0 Å². The molecule has 2 aromatic carbocycles. The highest BCUT2D eigenvalue weighted by atomic mass is 19.1. The van der Waals surface area contributed by atoms with Crippen molar-refractivity contribution in [2.45, 2.75) is 58.5 Å². The van der Waals surface area contributed by atoms with Crippen molar-refractivity contribution in [1.82, 2.24) is 25.7 Å². The van der Waals surface area contributed by atoms with Gasteiger partial charge >= 0.3 is 0 Å². The summed E-state index contributed by atoms with van der Waals surface area (Å²) in [5.74, 6) is 0.334. The van der Waals surface area contributed by atoms with Crippen LogP contribution in [0.25, 0.3) is 11.3 Å². The number of carbonyl (C=O) groups is 2. The lowest BCUT2D eigenvalue weighted by Crippen LogP contribution is -2.42. The third kappa shape index (κ3) is 6.47. The quantitative estimate of drug-likeness (QED) is 0.411. The fraction of sp³-hybridized carbons (Fsp3) is 0.419. The minimum Gasteiger partial charge on any atom is -0.457 e. The number of piperidine rings is 1. The van der Waals surface area contributed by atoms with E-state index in [1.807, 2.05) is 31.2 Å². The predicted octanol–water partition coefficient (Wildman–Crippen LogP) is 5.05. The fourth-order valence-electron chi connectivity index (χ4n) is 5.17. The van der Waals surface area contributed by atoms with E-state index in [-0.39, 0.29) is 30.0 Å². The van der Waals surface area contributed by atoms with E-state index in [0.29, 0.717) is 35.9 Å². The second-order valence-corrected chi connectivity index (χ2v) is 11.1. The van der Waals surface area contributed by atoms with E-state index in [1.165, 1.54) is 12.1 Å². The first-order valence-corrected chi connectivity index (χ1v) is 14.0. The molecular weight excluding hydrogens is 509 g/mol. The van der Waals surface area contributed by atoms with Gasteiger partial charge in [0.15, 0.2) is 0 Å². The Morgan fingerprint density at radius 1 is 1.12 bits per heavy atom. The maximum absolute atomic E-state index is 15.3. The zero-order chi connectivity index (χ0) is 28.2. The van der Waals surface area contributed by atoms with E-state index in [1.54, 1.807) is 17.0 Å². The first-order valence-electron chi connectivity index (χ1n) is 14.0. The normalized spacial score (nSPS) is 17.9. The molecule has 0 aliphatic carbocycles. The number of amides is 2. The summed E-state index contributed by atoms with van der Waals surface area (Å²) < 4.78 is 21.5. The van der Waals surface area contributed by atoms with E-state index in [9.17, 15) is 9.59 Å². The van der Waals surface area contributed by atoms with Crippen LogP contribution >= 0.6 is 0 Å². The molecule has 3 aromatic rings. The number of halogens is 1. The Morgan fingerprint density at radius 3 is 2.50 bits per heavy atom. The van der Waals surface area contributed by atoms with Gasteiger partial charge in [0, 0.05) is 36.7 Å². The number of ether oxygens (including phenoxy) is 1. The van der Waals surface area contributed by atoms with Crippen LogP contribution < -0.4 is 15.4 Å². The molecule has 2 fully saturated rings. The van der Waals surface area contributed by atoms with Gasteiger partial charge in [-0.05, 0) is 86.3 Å². The number of benzene rings is 2. The molecule has 1 aromatic heterocycles. The fourth-order valence-corrected chi connectivity index (χ4v) is 5.17. The van der Waals surface area contributed by atoms with Crippen molar-refractivity contribution in [3.63, 3.8) is 0 Å². The summed E-state index contributed by atoms with van der Waals surface area (Å²) in [6.45, 7) is 8.60. The highest BCUT2D eigenvalue weighted by molar-refractivity contribution is 5.95. The molecular formula is C31H36FN5O3. The molecule has 210 valence electrons. The molecule has 2 aliphatic heterocycles. The molecule has 2 saturated heterocycles. The third-order valence-corrected chi connectivity index (χ3v) is 7.49. The van der Waals surface area contributed by atoms with Crippen molar-refractivity contribution in [2.24, 2.45) is 5.92 Å². The molecule has 9 heteroatoms. The molecule has 5 rings (SSSR count). The minimum atomic E-state index is -0.632. The highest BCUT2D eigenvalue weighted by Crippen LogP contribution is 2.32. The van der Waals surface area contributed by atoms with E-state index in [2.05, 4.69) is 34.7 Å². The van der Waals surface area contributed by atoms with Crippen molar-refractivity contribution in [3.05, 3.63) is 71.2 Å². The van der Waals surface area contributed by atoms with Gasteiger partial charge in [0.1, 0.15) is 17.3 Å². The van der Waals surface area contributed by atoms with E-state index in [0.717, 1.165) is 42.9 Å². The molecule has 1 atom stereocenters. The Kier molecular flexibility index (Phi) is 8.40. The predicted molar refractivity (Wildman–Crippen MR) is 151 cm³/mol. The number of rotatable bonds is 8. The second kappa shape index (κ2) is 12.1. The lowest BCUT2D eigenvalue weighted by molar-refractivity contribution is -0.128. The molecule has 0 bridgehead atoms. The van der Waals surface area contributed by atoms with Crippen LogP contribution in [-0.4, -0.2) is 52.6 Å². The van der Waals surface area contributed by atoms with Crippen LogP contribution in [0.4, 0.5) is 4.39 Å². The Hall–Kier alpha value is -3.85. The Bertz CT molecular complexity index is 1350. The Balaban J connectivity index is 1.40. The van der Waals surface area contributed by atoms with Crippen molar-refractivity contribution in [1.29, 1.82) is 0 Å². The highest BCUT2D eigenvalue weighted by Gasteiger charge is 2.28. The van der Waals surface area contributed by atoms with E-state index >= 15 is 4.39 Å². The van der Waals surface area contributed by atoms with E-state index in [4.69, 9.17) is 4.74 Å². The molecule has 2 N–H and O–H groups in total. The van der Waals surface area contributed by atoms with Gasteiger partial charge in [-0.1, -0.05) is 20.8 Å². The lowest BCUT2D eigenvalue weighted by atomic mass is 10.0. The van der Waals surface area contributed by atoms with Crippen LogP contribution in [0.5, 0.6) is 11.5 Å². The van der Waals surface area contributed by atoms with Gasteiger partial charge in [-0.2, -0.15) is 10.2 Å². The smallest absolute Gasteiger partial charge is 0.254 e. The summed E-state index contributed by atoms with van der Waals surface area (Å²) in [5, 5.41) is 14.9. The average molecular weight is 546 g/mol. The van der Waals surface area contributed by atoms with Crippen LogP contribution in [0, 0.1) is 11.7 Å².